The predicted molar refractivity (Wildman–Crippen MR) is 101 cm³/mol. The number of allylic oxidation sites excluding steroid dienone is 1. The third kappa shape index (κ3) is 2.43. The van der Waals surface area contributed by atoms with Crippen molar-refractivity contribution in [2.45, 2.75) is 38.3 Å². The molecule has 1 spiro atoms. The van der Waals surface area contributed by atoms with Gasteiger partial charge in [0.1, 0.15) is 35.0 Å². The molecule has 8 nitrogen and oxygen atoms in total. The molecule has 1 unspecified atom stereocenters. The lowest BCUT2D eigenvalue weighted by Crippen LogP contribution is -2.44. The molecule has 4 N–H and O–H groups in total. The molecule has 0 bridgehead atoms. The van der Waals surface area contributed by atoms with E-state index in [2.05, 4.69) is 26.7 Å². The zero-order valence-electron chi connectivity index (χ0n) is 15.0. The number of carbonyl (C=O) groups excluding carboxylic acids is 1. The zero-order valence-corrected chi connectivity index (χ0v) is 15.0. The Hall–Kier alpha value is -3.16. The second kappa shape index (κ2) is 5.42. The highest BCUT2D eigenvalue weighted by molar-refractivity contribution is 5.97. The van der Waals surface area contributed by atoms with E-state index in [0.29, 0.717) is 35.4 Å². The average Bonchev–Trinajstić information content (AvgIpc) is 3.32. The summed E-state index contributed by atoms with van der Waals surface area (Å²) in [6.45, 7) is 1.84. The van der Waals surface area contributed by atoms with Crippen LogP contribution in [0.15, 0.2) is 34.9 Å². The van der Waals surface area contributed by atoms with E-state index in [1.165, 1.54) is 24.7 Å². The number of hydrogen-bond donors (Lipinski definition) is 3. The van der Waals surface area contributed by atoms with Crippen LogP contribution in [0, 0.1) is 12.8 Å². The SMILES string of the molecule is Cc1cc(Nc2cc(N)ncn2)c(=O)n2c1C(=O)NC21C=C(C2CC2)CC1. The summed E-state index contributed by atoms with van der Waals surface area (Å²) in [5.41, 5.74) is 7.57. The van der Waals surface area contributed by atoms with Crippen LogP contribution in [0.4, 0.5) is 17.3 Å². The maximum Gasteiger partial charge on any atom is 0.277 e. The molecule has 27 heavy (non-hydrogen) atoms. The molecule has 2 aliphatic carbocycles. The number of anilines is 3. The van der Waals surface area contributed by atoms with Gasteiger partial charge in [-0.1, -0.05) is 5.57 Å². The van der Waals surface area contributed by atoms with Gasteiger partial charge in [0, 0.05) is 6.07 Å². The Bertz CT molecular complexity index is 1070. The lowest BCUT2D eigenvalue weighted by Gasteiger charge is -2.25. The van der Waals surface area contributed by atoms with E-state index in [4.69, 9.17) is 5.73 Å². The highest BCUT2D eigenvalue weighted by Gasteiger charge is 2.47. The minimum absolute atomic E-state index is 0.198. The topological polar surface area (TPSA) is 115 Å². The molecule has 1 amide bonds. The summed E-state index contributed by atoms with van der Waals surface area (Å²) in [5.74, 6) is 1.17. The number of fused-ring (bicyclic) bond motifs is 2. The van der Waals surface area contributed by atoms with Crippen LogP contribution in [-0.4, -0.2) is 20.4 Å². The van der Waals surface area contributed by atoms with Gasteiger partial charge in [-0.2, -0.15) is 0 Å². The monoisotopic (exact) mass is 364 g/mol. The third-order valence-corrected chi connectivity index (χ3v) is 5.61. The summed E-state index contributed by atoms with van der Waals surface area (Å²) >= 11 is 0. The van der Waals surface area contributed by atoms with Crippen molar-refractivity contribution in [2.75, 3.05) is 11.1 Å². The van der Waals surface area contributed by atoms with Gasteiger partial charge in [-0.25, -0.2) is 9.97 Å². The number of nitrogens with one attached hydrogen (secondary N) is 2. The summed E-state index contributed by atoms with van der Waals surface area (Å²) in [5, 5.41) is 6.09. The highest BCUT2D eigenvalue weighted by atomic mass is 16.2. The molecule has 1 atom stereocenters. The molecule has 138 valence electrons. The Morgan fingerprint density at radius 2 is 2.11 bits per heavy atom. The molecule has 1 aliphatic heterocycles. The molecule has 0 radical (unpaired) electrons. The lowest BCUT2D eigenvalue weighted by atomic mass is 10.1. The highest BCUT2D eigenvalue weighted by Crippen LogP contribution is 2.46. The Morgan fingerprint density at radius 3 is 2.85 bits per heavy atom. The number of amides is 1. The Labute approximate surface area is 155 Å². The van der Waals surface area contributed by atoms with E-state index in [0.717, 1.165) is 12.0 Å². The van der Waals surface area contributed by atoms with E-state index in [1.54, 1.807) is 16.7 Å². The van der Waals surface area contributed by atoms with Crippen LogP contribution in [0.1, 0.15) is 41.7 Å². The molecule has 2 aromatic rings. The Balaban J connectivity index is 1.64. The van der Waals surface area contributed by atoms with Crippen LogP contribution in [-0.2, 0) is 5.66 Å². The Kier molecular flexibility index (Phi) is 3.22. The van der Waals surface area contributed by atoms with Crippen molar-refractivity contribution in [1.82, 2.24) is 19.9 Å². The van der Waals surface area contributed by atoms with Crippen LogP contribution in [0.25, 0.3) is 0 Å². The van der Waals surface area contributed by atoms with Crippen molar-refractivity contribution < 1.29 is 4.79 Å². The van der Waals surface area contributed by atoms with E-state index in [1.807, 2.05) is 6.92 Å². The third-order valence-electron chi connectivity index (χ3n) is 5.61. The molecule has 1 saturated carbocycles. The Morgan fingerprint density at radius 1 is 1.30 bits per heavy atom. The van der Waals surface area contributed by atoms with Gasteiger partial charge in [0.15, 0.2) is 0 Å². The largest absolute Gasteiger partial charge is 0.384 e. The van der Waals surface area contributed by atoms with Gasteiger partial charge >= 0.3 is 0 Å². The first-order valence-corrected chi connectivity index (χ1v) is 9.13. The summed E-state index contributed by atoms with van der Waals surface area (Å²) in [7, 11) is 0. The fourth-order valence-corrected chi connectivity index (χ4v) is 4.22. The molecule has 3 aliphatic rings. The van der Waals surface area contributed by atoms with Crippen molar-refractivity contribution in [3.8, 4) is 0 Å². The maximum absolute atomic E-state index is 13.3. The molecule has 0 saturated heterocycles. The van der Waals surface area contributed by atoms with Gasteiger partial charge in [0.25, 0.3) is 11.5 Å². The number of hydrogen-bond acceptors (Lipinski definition) is 6. The molecule has 3 heterocycles. The van der Waals surface area contributed by atoms with Crippen molar-refractivity contribution in [3.63, 3.8) is 0 Å². The minimum atomic E-state index is -0.755. The number of rotatable bonds is 3. The normalized spacial score (nSPS) is 23.3. The van der Waals surface area contributed by atoms with Gasteiger partial charge in [0.05, 0.1) is 0 Å². The van der Waals surface area contributed by atoms with Crippen LogP contribution in [0.5, 0.6) is 0 Å². The van der Waals surface area contributed by atoms with Crippen molar-refractivity contribution in [3.05, 3.63) is 51.7 Å². The number of carbonyl (C=O) groups is 1. The number of aryl methyl sites for hydroxylation is 1. The fraction of sp³-hybridized carbons (Fsp3) is 0.368. The van der Waals surface area contributed by atoms with Crippen LogP contribution < -0.4 is 21.9 Å². The van der Waals surface area contributed by atoms with Gasteiger partial charge in [-0.3, -0.25) is 14.2 Å². The first-order valence-electron chi connectivity index (χ1n) is 9.13. The molecular formula is C19H20N6O2. The van der Waals surface area contributed by atoms with E-state index in [-0.39, 0.29) is 11.5 Å². The first kappa shape index (κ1) is 16.0. The predicted octanol–water partition coefficient (Wildman–Crippen LogP) is 1.80. The van der Waals surface area contributed by atoms with Crippen LogP contribution >= 0.6 is 0 Å². The van der Waals surface area contributed by atoms with Gasteiger partial charge in [-0.15, -0.1) is 0 Å². The van der Waals surface area contributed by atoms with E-state index < -0.39 is 5.66 Å². The standard InChI is InChI=1S/C19H20N6O2/c1-10-6-13(23-15-7-14(20)21-9-22-15)18(27)25-16(10)17(26)24-19(25)5-4-12(8-19)11-2-3-11/h6-9,11H,2-5H2,1H3,(H,24,26)(H3,20,21,22,23). The molecule has 1 fully saturated rings. The van der Waals surface area contributed by atoms with Gasteiger partial charge in [0.2, 0.25) is 0 Å². The van der Waals surface area contributed by atoms with Crippen molar-refractivity contribution >= 4 is 23.2 Å². The molecule has 5 rings (SSSR count). The second-order valence-electron chi connectivity index (χ2n) is 7.56. The molecule has 8 heteroatoms. The minimum Gasteiger partial charge on any atom is -0.384 e. The first-order chi connectivity index (χ1) is 13.0. The number of nitrogens with two attached hydrogens (primary N) is 1. The summed E-state index contributed by atoms with van der Waals surface area (Å²) in [6.07, 6.45) is 7.47. The molecule has 0 aromatic carbocycles. The number of aromatic nitrogens is 3. The number of nitrogens with zero attached hydrogens (tertiary/aromatic N) is 3. The smallest absolute Gasteiger partial charge is 0.277 e. The van der Waals surface area contributed by atoms with Gasteiger partial charge < -0.3 is 16.4 Å². The summed E-state index contributed by atoms with van der Waals surface area (Å²) in [6, 6.07) is 3.25. The molecule has 2 aromatic heterocycles. The summed E-state index contributed by atoms with van der Waals surface area (Å²) < 4.78 is 1.62. The lowest BCUT2D eigenvalue weighted by molar-refractivity contribution is 0.0937. The number of pyridine rings is 1. The van der Waals surface area contributed by atoms with Crippen molar-refractivity contribution in [1.29, 1.82) is 0 Å². The second-order valence-corrected chi connectivity index (χ2v) is 7.56. The zero-order chi connectivity index (χ0) is 18.8. The van der Waals surface area contributed by atoms with Crippen molar-refractivity contribution in [2.24, 2.45) is 5.92 Å². The maximum atomic E-state index is 13.3. The van der Waals surface area contributed by atoms with Crippen LogP contribution in [0.2, 0.25) is 0 Å². The van der Waals surface area contributed by atoms with E-state index in [9.17, 15) is 9.59 Å². The number of nitrogen functional groups attached to an aromatic ring is 1. The van der Waals surface area contributed by atoms with Gasteiger partial charge in [-0.05, 0) is 56.2 Å². The quantitative estimate of drug-likeness (QED) is 0.716. The van der Waals surface area contributed by atoms with E-state index >= 15 is 0 Å². The summed E-state index contributed by atoms with van der Waals surface area (Å²) in [4.78, 5) is 33.9. The average molecular weight is 364 g/mol. The fourth-order valence-electron chi connectivity index (χ4n) is 4.22. The van der Waals surface area contributed by atoms with Crippen LogP contribution in [0.3, 0.4) is 0 Å². The molecular weight excluding hydrogens is 344 g/mol.